The Labute approximate surface area is 209 Å². The van der Waals surface area contributed by atoms with Crippen molar-refractivity contribution in [1.82, 2.24) is 0 Å². The zero-order valence-corrected chi connectivity index (χ0v) is 21.3. The van der Waals surface area contributed by atoms with Crippen molar-refractivity contribution in [1.29, 1.82) is 0 Å². The Bertz CT molecular complexity index is 932. The molecule has 2 aromatic carbocycles. The second kappa shape index (κ2) is 12.5. The number of methoxy groups -OCH3 is 1. The van der Waals surface area contributed by atoms with Crippen LogP contribution in [0.15, 0.2) is 42.5 Å². The van der Waals surface area contributed by atoms with Crippen molar-refractivity contribution in [2.24, 2.45) is 0 Å². The summed E-state index contributed by atoms with van der Waals surface area (Å²) in [7, 11) is 0.957. The molecule has 0 aromatic heterocycles. The molecule has 0 aliphatic carbocycles. The summed E-state index contributed by atoms with van der Waals surface area (Å²) in [5.41, 5.74) is -4.07. The van der Waals surface area contributed by atoms with E-state index in [9.17, 15) is 26.3 Å². The third-order valence-electron chi connectivity index (χ3n) is 5.51. The Morgan fingerprint density at radius 3 is 2.20 bits per heavy atom. The number of ether oxygens (including phenoxy) is 3. The highest BCUT2D eigenvalue weighted by Crippen LogP contribution is 2.53. The van der Waals surface area contributed by atoms with Gasteiger partial charge in [-0.1, -0.05) is 66.5 Å². The number of rotatable bonds is 12. The summed E-state index contributed by atoms with van der Waals surface area (Å²) < 4.78 is 98.3. The maximum Gasteiger partial charge on any atom is 0.430 e. The lowest BCUT2D eigenvalue weighted by atomic mass is 9.86. The predicted molar refractivity (Wildman–Crippen MR) is 126 cm³/mol. The first-order valence-corrected chi connectivity index (χ1v) is 12.1. The van der Waals surface area contributed by atoms with Crippen molar-refractivity contribution in [3.05, 3.63) is 53.6 Å². The highest BCUT2D eigenvalue weighted by atomic mass is 79.9. The summed E-state index contributed by atoms with van der Waals surface area (Å²) in [5.74, 6) is 0.563. The standard InChI is InChI=1S/C25H29BrF6O3/c1-4-7-17-14-19(23(24(27,28)29,25(30,31)32)35-16-33-3)10-11-22(17)18-8-6-9-21(15-18)34-13-12-20(26)5-2/h6,8-11,14-15,20H,4-5,7,12-13,16H2,1-3H3. The molecule has 0 aliphatic heterocycles. The van der Waals surface area contributed by atoms with Crippen LogP contribution in [0, 0.1) is 0 Å². The van der Waals surface area contributed by atoms with E-state index in [1.54, 1.807) is 31.2 Å². The van der Waals surface area contributed by atoms with E-state index in [2.05, 4.69) is 25.4 Å². The zero-order chi connectivity index (χ0) is 26.3. The largest absolute Gasteiger partial charge is 0.494 e. The first-order valence-electron chi connectivity index (χ1n) is 11.2. The van der Waals surface area contributed by atoms with E-state index in [0.29, 0.717) is 40.3 Å². The van der Waals surface area contributed by atoms with Gasteiger partial charge in [0.1, 0.15) is 12.5 Å². The van der Waals surface area contributed by atoms with Gasteiger partial charge in [0.15, 0.2) is 0 Å². The molecule has 0 N–H and O–H groups in total. The first kappa shape index (κ1) is 29.5. The lowest BCUT2D eigenvalue weighted by Crippen LogP contribution is -2.56. The molecular formula is C25H29BrF6O3. The van der Waals surface area contributed by atoms with Gasteiger partial charge in [-0.3, -0.25) is 0 Å². The lowest BCUT2D eigenvalue weighted by Gasteiger charge is -2.37. The van der Waals surface area contributed by atoms with E-state index in [-0.39, 0.29) is 6.42 Å². The number of hydrogen-bond acceptors (Lipinski definition) is 3. The van der Waals surface area contributed by atoms with E-state index < -0.39 is 30.3 Å². The van der Waals surface area contributed by atoms with E-state index >= 15 is 0 Å². The number of benzene rings is 2. The smallest absolute Gasteiger partial charge is 0.430 e. The summed E-state index contributed by atoms with van der Waals surface area (Å²) in [6.45, 7) is 3.12. The van der Waals surface area contributed by atoms with Crippen molar-refractivity contribution in [2.45, 2.75) is 62.3 Å². The third kappa shape index (κ3) is 6.92. The summed E-state index contributed by atoms with van der Waals surface area (Å²) in [6.07, 6.45) is -9.02. The molecule has 0 amide bonds. The van der Waals surface area contributed by atoms with Crippen LogP contribution in [-0.4, -0.2) is 37.7 Å². The van der Waals surface area contributed by atoms with Gasteiger partial charge < -0.3 is 14.2 Å². The SMILES string of the molecule is CCCc1cc(C(OCOC)(C(F)(F)F)C(F)(F)F)ccc1-c1cccc(OCCC(Br)CC)c1. The average Bonchev–Trinajstić information content (AvgIpc) is 2.78. The third-order valence-corrected chi connectivity index (χ3v) is 6.62. The molecule has 10 heteroatoms. The second-order valence-corrected chi connectivity index (χ2v) is 9.31. The molecule has 0 saturated heterocycles. The summed E-state index contributed by atoms with van der Waals surface area (Å²) in [4.78, 5) is 0.317. The predicted octanol–water partition coefficient (Wildman–Crippen LogP) is 8.19. The minimum Gasteiger partial charge on any atom is -0.494 e. The normalized spacial score (nSPS) is 13.7. The van der Waals surface area contributed by atoms with Crippen LogP contribution in [0.4, 0.5) is 26.3 Å². The Balaban J connectivity index is 2.54. The molecule has 2 rings (SSSR count). The molecule has 0 spiro atoms. The average molecular weight is 571 g/mol. The summed E-state index contributed by atoms with van der Waals surface area (Å²) in [6, 6.07) is 9.97. The highest BCUT2D eigenvalue weighted by Gasteiger charge is 2.73. The molecule has 0 heterocycles. The van der Waals surface area contributed by atoms with Crippen LogP contribution in [0.5, 0.6) is 5.75 Å². The molecule has 2 aromatic rings. The maximum absolute atomic E-state index is 14.0. The van der Waals surface area contributed by atoms with Crippen LogP contribution in [0.2, 0.25) is 0 Å². The van der Waals surface area contributed by atoms with Crippen molar-refractivity contribution in [2.75, 3.05) is 20.5 Å². The van der Waals surface area contributed by atoms with Crippen LogP contribution >= 0.6 is 15.9 Å². The molecule has 1 unspecified atom stereocenters. The van der Waals surface area contributed by atoms with E-state index in [1.165, 1.54) is 6.07 Å². The quantitative estimate of drug-likeness (QED) is 0.146. The van der Waals surface area contributed by atoms with Gasteiger partial charge in [-0.15, -0.1) is 0 Å². The van der Waals surface area contributed by atoms with Gasteiger partial charge >= 0.3 is 12.4 Å². The Morgan fingerprint density at radius 1 is 0.943 bits per heavy atom. The van der Waals surface area contributed by atoms with Crippen molar-refractivity contribution < 1.29 is 40.6 Å². The fraction of sp³-hybridized carbons (Fsp3) is 0.520. The monoisotopic (exact) mass is 570 g/mol. The topological polar surface area (TPSA) is 27.7 Å². The summed E-state index contributed by atoms with van der Waals surface area (Å²) in [5, 5.41) is 0. The van der Waals surface area contributed by atoms with Crippen molar-refractivity contribution in [3.63, 3.8) is 0 Å². The number of halogens is 7. The van der Waals surface area contributed by atoms with Crippen molar-refractivity contribution >= 4 is 15.9 Å². The van der Waals surface area contributed by atoms with E-state index in [0.717, 1.165) is 32.1 Å². The van der Waals surface area contributed by atoms with Gasteiger partial charge in [-0.05, 0) is 48.1 Å². The molecule has 196 valence electrons. The molecule has 0 aliphatic rings. The van der Waals surface area contributed by atoms with E-state index in [1.807, 2.05) is 6.92 Å². The van der Waals surface area contributed by atoms with Crippen LogP contribution < -0.4 is 4.74 Å². The first-order chi connectivity index (χ1) is 16.4. The molecule has 0 radical (unpaired) electrons. The molecule has 0 saturated carbocycles. The molecule has 0 fully saturated rings. The number of alkyl halides is 7. The minimum absolute atomic E-state index is 0.270. The Morgan fingerprint density at radius 2 is 1.63 bits per heavy atom. The Kier molecular flexibility index (Phi) is 10.5. The molecule has 0 bridgehead atoms. The zero-order valence-electron chi connectivity index (χ0n) is 19.7. The molecule has 1 atom stereocenters. The fourth-order valence-electron chi connectivity index (χ4n) is 3.72. The van der Waals surface area contributed by atoms with Crippen LogP contribution in [-0.2, 0) is 21.5 Å². The minimum atomic E-state index is -5.77. The number of aryl methyl sites for hydroxylation is 1. The Hall–Kier alpha value is -1.78. The van der Waals surface area contributed by atoms with E-state index in [4.69, 9.17) is 4.74 Å². The summed E-state index contributed by atoms with van der Waals surface area (Å²) >= 11 is 3.54. The van der Waals surface area contributed by atoms with Crippen LogP contribution in [0.25, 0.3) is 11.1 Å². The van der Waals surface area contributed by atoms with Crippen LogP contribution in [0.1, 0.15) is 44.2 Å². The van der Waals surface area contributed by atoms with Gasteiger partial charge in [0.25, 0.3) is 5.60 Å². The fourth-order valence-corrected chi connectivity index (χ4v) is 3.90. The van der Waals surface area contributed by atoms with Gasteiger partial charge in [-0.25, -0.2) is 0 Å². The van der Waals surface area contributed by atoms with Crippen LogP contribution in [0.3, 0.4) is 0 Å². The van der Waals surface area contributed by atoms with Gasteiger partial charge in [0, 0.05) is 17.5 Å². The van der Waals surface area contributed by atoms with Gasteiger partial charge in [0.05, 0.1) is 6.61 Å². The maximum atomic E-state index is 14.0. The van der Waals surface area contributed by atoms with Crippen molar-refractivity contribution in [3.8, 4) is 16.9 Å². The molecule has 3 nitrogen and oxygen atoms in total. The number of hydrogen-bond donors (Lipinski definition) is 0. The lowest BCUT2D eigenvalue weighted by molar-refractivity contribution is -0.400. The second-order valence-electron chi connectivity index (χ2n) is 8.02. The molecular weight excluding hydrogens is 542 g/mol. The van der Waals surface area contributed by atoms with Gasteiger partial charge in [0.2, 0.25) is 0 Å². The highest BCUT2D eigenvalue weighted by molar-refractivity contribution is 9.09. The molecule has 35 heavy (non-hydrogen) atoms. The van der Waals surface area contributed by atoms with Gasteiger partial charge in [-0.2, -0.15) is 26.3 Å².